The molecule has 2 aromatic rings. The van der Waals surface area contributed by atoms with Crippen molar-refractivity contribution in [3.8, 4) is 0 Å². The van der Waals surface area contributed by atoms with E-state index in [0.717, 1.165) is 23.4 Å². The lowest BCUT2D eigenvalue weighted by Gasteiger charge is -2.25. The summed E-state index contributed by atoms with van der Waals surface area (Å²) in [4.78, 5) is 16.7. The third kappa shape index (κ3) is 3.76. The minimum Gasteiger partial charge on any atom is -0.344 e. The van der Waals surface area contributed by atoms with Crippen LogP contribution < -0.4 is 11.1 Å². The molecule has 122 valence electrons. The van der Waals surface area contributed by atoms with E-state index in [-0.39, 0.29) is 17.8 Å². The average Bonchev–Trinajstić information content (AvgIpc) is 3.25. The fourth-order valence-corrected chi connectivity index (χ4v) is 3.81. The molecule has 1 aliphatic rings. The number of halogens is 1. The zero-order valence-electron chi connectivity index (χ0n) is 12.8. The molecule has 0 spiro atoms. The molecule has 6 heteroatoms. The molecule has 0 saturated heterocycles. The van der Waals surface area contributed by atoms with Crippen LogP contribution in [-0.2, 0) is 6.54 Å². The number of amides is 1. The van der Waals surface area contributed by atoms with Crippen molar-refractivity contribution in [2.45, 2.75) is 38.3 Å². The predicted octanol–water partition coefficient (Wildman–Crippen LogP) is 3.40. The molecule has 1 atom stereocenters. The summed E-state index contributed by atoms with van der Waals surface area (Å²) in [7, 11) is 0. The Kier molecular flexibility index (Phi) is 5.03. The van der Waals surface area contributed by atoms with Crippen LogP contribution >= 0.6 is 11.3 Å². The first-order valence-electron chi connectivity index (χ1n) is 7.88. The molecule has 3 rings (SSSR count). The zero-order chi connectivity index (χ0) is 16.2. The summed E-state index contributed by atoms with van der Waals surface area (Å²) < 4.78 is 13.2. The summed E-state index contributed by atoms with van der Waals surface area (Å²) in [6.45, 7) is 0.335. The minimum absolute atomic E-state index is 0.103. The molecule has 1 unspecified atom stereocenters. The van der Waals surface area contributed by atoms with Crippen molar-refractivity contribution in [2.24, 2.45) is 11.7 Å². The van der Waals surface area contributed by atoms with Crippen LogP contribution in [-0.4, -0.2) is 10.9 Å². The van der Waals surface area contributed by atoms with Gasteiger partial charge >= 0.3 is 0 Å². The van der Waals surface area contributed by atoms with E-state index in [4.69, 9.17) is 5.73 Å². The van der Waals surface area contributed by atoms with Crippen LogP contribution in [0.25, 0.3) is 0 Å². The largest absolute Gasteiger partial charge is 0.344 e. The lowest BCUT2D eigenvalue weighted by Crippen LogP contribution is -2.33. The molecule has 3 N–H and O–H groups in total. The number of nitrogens with two attached hydrogens (primary N) is 1. The highest BCUT2D eigenvalue weighted by atomic mass is 32.1. The lowest BCUT2D eigenvalue weighted by molar-refractivity contribution is 0.0917. The summed E-state index contributed by atoms with van der Waals surface area (Å²) >= 11 is 1.39. The summed E-state index contributed by atoms with van der Waals surface area (Å²) in [5, 5.41) is 5.57. The Balaban J connectivity index is 1.80. The van der Waals surface area contributed by atoms with Crippen LogP contribution in [0.1, 0.15) is 52.8 Å². The number of hydrogen-bond donors (Lipinski definition) is 2. The normalized spacial score (nSPS) is 16.4. The zero-order valence-corrected chi connectivity index (χ0v) is 13.6. The van der Waals surface area contributed by atoms with Crippen LogP contribution in [0, 0.1) is 11.7 Å². The van der Waals surface area contributed by atoms with E-state index >= 15 is 0 Å². The monoisotopic (exact) mass is 333 g/mol. The van der Waals surface area contributed by atoms with Crippen molar-refractivity contribution < 1.29 is 9.18 Å². The van der Waals surface area contributed by atoms with Crippen molar-refractivity contribution >= 4 is 17.2 Å². The molecule has 0 aliphatic heterocycles. The summed E-state index contributed by atoms with van der Waals surface area (Å²) in [5.41, 5.74) is 6.90. The molecule has 0 bridgehead atoms. The van der Waals surface area contributed by atoms with Crippen LogP contribution in [0.5, 0.6) is 0 Å². The van der Waals surface area contributed by atoms with Gasteiger partial charge in [-0.15, -0.1) is 11.3 Å². The SMILES string of the molecule is NCc1nc(C(=O)NC(c2ccc(F)cc2)C2CCCC2)cs1. The summed E-state index contributed by atoms with van der Waals surface area (Å²) in [6, 6.07) is 6.29. The van der Waals surface area contributed by atoms with Crippen molar-refractivity contribution in [3.05, 3.63) is 51.7 Å². The van der Waals surface area contributed by atoms with E-state index in [0.29, 0.717) is 18.2 Å². The number of benzene rings is 1. The predicted molar refractivity (Wildman–Crippen MR) is 88.6 cm³/mol. The number of nitrogens with zero attached hydrogens (tertiary/aromatic N) is 1. The first kappa shape index (κ1) is 16.1. The van der Waals surface area contributed by atoms with Crippen molar-refractivity contribution in [1.82, 2.24) is 10.3 Å². The molecule has 1 saturated carbocycles. The van der Waals surface area contributed by atoms with E-state index in [2.05, 4.69) is 10.3 Å². The van der Waals surface area contributed by atoms with Crippen molar-refractivity contribution in [2.75, 3.05) is 0 Å². The highest BCUT2D eigenvalue weighted by Crippen LogP contribution is 2.36. The Morgan fingerprint density at radius 1 is 1.35 bits per heavy atom. The Morgan fingerprint density at radius 2 is 2.04 bits per heavy atom. The number of nitrogens with one attached hydrogen (secondary N) is 1. The molecule has 23 heavy (non-hydrogen) atoms. The quantitative estimate of drug-likeness (QED) is 0.881. The van der Waals surface area contributed by atoms with Crippen LogP contribution in [0.3, 0.4) is 0 Å². The number of hydrogen-bond acceptors (Lipinski definition) is 4. The van der Waals surface area contributed by atoms with Gasteiger partial charge in [-0.3, -0.25) is 4.79 Å². The number of carbonyl (C=O) groups is 1. The number of aromatic nitrogens is 1. The number of carbonyl (C=O) groups excluding carboxylic acids is 1. The fraction of sp³-hybridized carbons (Fsp3) is 0.412. The third-order valence-corrected chi connectivity index (χ3v) is 5.22. The molecule has 1 fully saturated rings. The smallest absolute Gasteiger partial charge is 0.271 e. The Morgan fingerprint density at radius 3 is 2.65 bits per heavy atom. The van der Waals surface area contributed by atoms with Crippen molar-refractivity contribution in [3.63, 3.8) is 0 Å². The van der Waals surface area contributed by atoms with Crippen LogP contribution in [0.15, 0.2) is 29.6 Å². The standard InChI is InChI=1S/C17H20FN3OS/c18-13-7-5-12(6-8-13)16(11-3-1-2-4-11)21-17(22)14-10-23-15(9-19)20-14/h5-8,10-11,16H,1-4,9,19H2,(H,21,22). The van der Waals surface area contributed by atoms with Gasteiger partial charge in [0, 0.05) is 11.9 Å². The molecule has 1 amide bonds. The maximum absolute atomic E-state index is 13.2. The van der Waals surface area contributed by atoms with E-state index in [9.17, 15) is 9.18 Å². The summed E-state index contributed by atoms with van der Waals surface area (Å²) in [5.74, 6) is -0.0726. The van der Waals surface area contributed by atoms with E-state index in [1.165, 1.54) is 36.3 Å². The van der Waals surface area contributed by atoms with Gasteiger partial charge in [-0.05, 0) is 36.5 Å². The van der Waals surface area contributed by atoms with Crippen molar-refractivity contribution in [1.29, 1.82) is 0 Å². The first-order chi connectivity index (χ1) is 11.2. The second-order valence-corrected chi connectivity index (χ2v) is 6.82. The number of rotatable bonds is 5. The molecule has 4 nitrogen and oxygen atoms in total. The fourth-order valence-electron chi connectivity index (χ4n) is 3.16. The highest BCUT2D eigenvalue weighted by molar-refractivity contribution is 7.09. The van der Waals surface area contributed by atoms with Crippen LogP contribution in [0.4, 0.5) is 4.39 Å². The second kappa shape index (κ2) is 7.19. The molecule has 1 heterocycles. The molecular weight excluding hydrogens is 313 g/mol. The second-order valence-electron chi connectivity index (χ2n) is 5.88. The lowest BCUT2D eigenvalue weighted by atomic mass is 9.91. The van der Waals surface area contributed by atoms with Gasteiger partial charge in [-0.1, -0.05) is 25.0 Å². The van der Waals surface area contributed by atoms with Gasteiger partial charge in [0.1, 0.15) is 16.5 Å². The third-order valence-electron chi connectivity index (χ3n) is 4.35. The van der Waals surface area contributed by atoms with E-state index < -0.39 is 0 Å². The van der Waals surface area contributed by atoms with Gasteiger partial charge in [0.25, 0.3) is 5.91 Å². The van der Waals surface area contributed by atoms with Gasteiger partial charge in [0.05, 0.1) is 6.04 Å². The maximum atomic E-state index is 13.2. The van der Waals surface area contributed by atoms with Gasteiger partial charge < -0.3 is 11.1 Å². The van der Waals surface area contributed by atoms with Crippen LogP contribution in [0.2, 0.25) is 0 Å². The Bertz CT molecular complexity index is 665. The molecule has 1 aromatic carbocycles. The summed E-state index contributed by atoms with van der Waals surface area (Å²) in [6.07, 6.45) is 4.50. The Labute approximate surface area is 138 Å². The highest BCUT2D eigenvalue weighted by Gasteiger charge is 2.28. The van der Waals surface area contributed by atoms with E-state index in [1.807, 2.05) is 0 Å². The topological polar surface area (TPSA) is 68.0 Å². The Hall–Kier alpha value is -1.79. The van der Waals surface area contributed by atoms with Gasteiger partial charge in [-0.2, -0.15) is 0 Å². The number of thiazole rings is 1. The first-order valence-corrected chi connectivity index (χ1v) is 8.76. The van der Waals surface area contributed by atoms with Gasteiger partial charge in [0.2, 0.25) is 0 Å². The maximum Gasteiger partial charge on any atom is 0.271 e. The van der Waals surface area contributed by atoms with Gasteiger partial charge in [0.15, 0.2) is 0 Å². The molecule has 0 radical (unpaired) electrons. The van der Waals surface area contributed by atoms with Gasteiger partial charge in [-0.25, -0.2) is 9.37 Å². The molecule has 1 aromatic heterocycles. The van der Waals surface area contributed by atoms with E-state index in [1.54, 1.807) is 17.5 Å². The molecule has 1 aliphatic carbocycles. The molecular formula is C17H20FN3OS. The minimum atomic E-state index is -0.266. The average molecular weight is 333 g/mol.